The molecule has 2 heterocycles. The van der Waals surface area contributed by atoms with Gasteiger partial charge in [0.1, 0.15) is 12.4 Å². The molecule has 0 atom stereocenters. The Hall–Kier alpha value is -2.83. The molecule has 7 nitrogen and oxygen atoms in total. The van der Waals surface area contributed by atoms with Crippen LogP contribution in [0.1, 0.15) is 11.5 Å². The Labute approximate surface area is 114 Å². The monoisotopic (exact) mass is 271 g/mol. The lowest BCUT2D eigenvalue weighted by Gasteiger charge is -2.05. The predicted molar refractivity (Wildman–Crippen MR) is 73.5 cm³/mol. The Balaban J connectivity index is 1.87. The number of ether oxygens (including phenoxy) is 1. The van der Waals surface area contributed by atoms with Crippen LogP contribution in [0.3, 0.4) is 0 Å². The van der Waals surface area contributed by atoms with Crippen molar-refractivity contribution in [1.29, 1.82) is 0 Å². The number of hydrogen-bond acceptors (Lipinski definition) is 5. The Morgan fingerprint density at radius 2 is 2.15 bits per heavy atom. The number of nitrogens with one attached hydrogen (secondary N) is 1. The van der Waals surface area contributed by atoms with Gasteiger partial charge in [0.15, 0.2) is 5.82 Å². The molecule has 0 saturated carbocycles. The van der Waals surface area contributed by atoms with Gasteiger partial charge >= 0.3 is 0 Å². The summed E-state index contributed by atoms with van der Waals surface area (Å²) >= 11 is 0. The standard InChI is InChI=1S/C13H13N5O2/c1-8-6-12(19)18-13(15-8)16-11(17-18)7-20-10-5-3-2-4-9(10)14/h2-6H,7,14H2,1H3,(H,15,16,17). The van der Waals surface area contributed by atoms with Gasteiger partial charge in [0.2, 0.25) is 0 Å². The van der Waals surface area contributed by atoms with Gasteiger partial charge in [-0.2, -0.15) is 9.50 Å². The number of benzene rings is 1. The van der Waals surface area contributed by atoms with Gasteiger partial charge in [-0.15, -0.1) is 0 Å². The van der Waals surface area contributed by atoms with E-state index in [4.69, 9.17) is 10.5 Å². The molecule has 0 aliphatic carbocycles. The average Bonchev–Trinajstić information content (AvgIpc) is 2.81. The van der Waals surface area contributed by atoms with Gasteiger partial charge in [-0.3, -0.25) is 9.89 Å². The number of aromatic amines is 1. The number of aromatic nitrogens is 4. The van der Waals surface area contributed by atoms with E-state index in [2.05, 4.69) is 15.1 Å². The van der Waals surface area contributed by atoms with Gasteiger partial charge in [-0.25, -0.2) is 4.98 Å². The van der Waals surface area contributed by atoms with E-state index in [1.165, 1.54) is 10.6 Å². The fourth-order valence-corrected chi connectivity index (χ4v) is 1.86. The second kappa shape index (κ2) is 4.69. The molecule has 0 spiro atoms. The van der Waals surface area contributed by atoms with E-state index in [1.54, 1.807) is 19.1 Å². The molecule has 3 aromatic rings. The second-order valence-corrected chi connectivity index (χ2v) is 4.37. The van der Waals surface area contributed by atoms with Gasteiger partial charge in [0.25, 0.3) is 11.3 Å². The van der Waals surface area contributed by atoms with Crippen molar-refractivity contribution in [2.45, 2.75) is 13.5 Å². The smallest absolute Gasteiger partial charge is 0.274 e. The zero-order valence-electron chi connectivity index (χ0n) is 10.8. The first-order valence-electron chi connectivity index (χ1n) is 6.06. The molecule has 0 aliphatic rings. The van der Waals surface area contributed by atoms with E-state index in [0.717, 1.165) is 0 Å². The zero-order valence-corrected chi connectivity index (χ0v) is 10.8. The number of H-pyrrole nitrogens is 1. The van der Waals surface area contributed by atoms with Crippen LogP contribution in [0.25, 0.3) is 5.78 Å². The van der Waals surface area contributed by atoms with Gasteiger partial charge in [-0.1, -0.05) is 12.1 Å². The van der Waals surface area contributed by atoms with Crippen LogP contribution in [0, 0.1) is 6.92 Å². The van der Waals surface area contributed by atoms with Crippen LogP contribution in [-0.4, -0.2) is 19.6 Å². The molecular formula is C13H13N5O2. The number of rotatable bonds is 3. The van der Waals surface area contributed by atoms with E-state index in [9.17, 15) is 4.79 Å². The highest BCUT2D eigenvalue weighted by Crippen LogP contribution is 2.20. The summed E-state index contributed by atoms with van der Waals surface area (Å²) in [5, 5.41) is 2.85. The first-order chi connectivity index (χ1) is 9.63. The van der Waals surface area contributed by atoms with Gasteiger partial charge in [-0.05, 0) is 19.1 Å². The lowest BCUT2D eigenvalue weighted by atomic mass is 10.3. The van der Waals surface area contributed by atoms with Crippen molar-refractivity contribution in [3.05, 3.63) is 52.2 Å². The number of hydrogen-bond donors (Lipinski definition) is 2. The molecule has 3 rings (SSSR count). The summed E-state index contributed by atoms with van der Waals surface area (Å²) < 4.78 is 6.84. The molecule has 2 aromatic heterocycles. The first-order valence-corrected chi connectivity index (χ1v) is 6.06. The quantitative estimate of drug-likeness (QED) is 0.689. The highest BCUT2D eigenvalue weighted by atomic mass is 16.5. The maximum atomic E-state index is 11.7. The van der Waals surface area contributed by atoms with Crippen molar-refractivity contribution >= 4 is 11.5 Å². The van der Waals surface area contributed by atoms with Crippen LogP contribution in [0.15, 0.2) is 35.1 Å². The number of para-hydroxylation sites is 2. The summed E-state index contributed by atoms with van der Waals surface area (Å²) in [6.45, 7) is 1.92. The molecule has 0 amide bonds. The number of nitrogen functional groups attached to an aromatic ring is 1. The van der Waals surface area contributed by atoms with Crippen molar-refractivity contribution in [1.82, 2.24) is 19.6 Å². The average molecular weight is 271 g/mol. The fraction of sp³-hybridized carbons (Fsp3) is 0.154. The van der Waals surface area contributed by atoms with Crippen molar-refractivity contribution in [2.75, 3.05) is 5.73 Å². The Morgan fingerprint density at radius 1 is 1.35 bits per heavy atom. The molecular weight excluding hydrogens is 258 g/mol. The molecule has 0 aliphatic heterocycles. The highest BCUT2D eigenvalue weighted by Gasteiger charge is 2.07. The van der Waals surface area contributed by atoms with Crippen LogP contribution in [-0.2, 0) is 6.61 Å². The Kier molecular flexibility index (Phi) is 2.86. The minimum Gasteiger partial charge on any atom is -0.483 e. The van der Waals surface area contributed by atoms with Crippen LogP contribution >= 0.6 is 0 Å². The number of nitrogens with two attached hydrogens (primary N) is 1. The van der Waals surface area contributed by atoms with Gasteiger partial charge < -0.3 is 10.5 Å². The minimum absolute atomic E-state index is 0.177. The SMILES string of the molecule is Cc1cc(=O)n2[nH]c(COc3ccccc3N)nc2n1. The number of aryl methyl sites for hydroxylation is 1. The zero-order chi connectivity index (χ0) is 14.1. The minimum atomic E-state index is -0.203. The van der Waals surface area contributed by atoms with Crippen LogP contribution < -0.4 is 16.0 Å². The predicted octanol–water partition coefficient (Wildman–Crippen LogP) is 0.887. The summed E-state index contributed by atoms with van der Waals surface area (Å²) in [4.78, 5) is 20.1. The van der Waals surface area contributed by atoms with E-state index in [1.807, 2.05) is 12.1 Å². The maximum absolute atomic E-state index is 11.7. The van der Waals surface area contributed by atoms with Crippen LogP contribution in [0.4, 0.5) is 5.69 Å². The van der Waals surface area contributed by atoms with E-state index in [0.29, 0.717) is 28.7 Å². The summed E-state index contributed by atoms with van der Waals surface area (Å²) in [6.07, 6.45) is 0. The molecule has 0 unspecified atom stereocenters. The summed E-state index contributed by atoms with van der Waals surface area (Å²) in [7, 11) is 0. The lowest BCUT2D eigenvalue weighted by molar-refractivity contribution is 0.297. The molecule has 0 radical (unpaired) electrons. The third-order valence-electron chi connectivity index (χ3n) is 2.79. The number of anilines is 1. The second-order valence-electron chi connectivity index (χ2n) is 4.37. The molecule has 20 heavy (non-hydrogen) atoms. The molecule has 0 bridgehead atoms. The molecule has 1 aromatic carbocycles. The fourth-order valence-electron chi connectivity index (χ4n) is 1.86. The van der Waals surface area contributed by atoms with E-state index in [-0.39, 0.29) is 12.2 Å². The van der Waals surface area contributed by atoms with Crippen molar-refractivity contribution in [3.8, 4) is 5.75 Å². The normalized spacial score (nSPS) is 10.8. The molecule has 0 saturated heterocycles. The van der Waals surface area contributed by atoms with E-state index >= 15 is 0 Å². The largest absolute Gasteiger partial charge is 0.483 e. The summed E-state index contributed by atoms with van der Waals surface area (Å²) in [5.41, 5.74) is 6.75. The van der Waals surface area contributed by atoms with Gasteiger partial charge in [0.05, 0.1) is 5.69 Å². The number of fused-ring (bicyclic) bond motifs is 1. The first kappa shape index (κ1) is 12.2. The van der Waals surface area contributed by atoms with Crippen molar-refractivity contribution < 1.29 is 4.74 Å². The van der Waals surface area contributed by atoms with Crippen LogP contribution in [0.2, 0.25) is 0 Å². The van der Waals surface area contributed by atoms with Gasteiger partial charge in [0, 0.05) is 11.8 Å². The molecule has 3 N–H and O–H groups in total. The lowest BCUT2D eigenvalue weighted by Crippen LogP contribution is -2.14. The van der Waals surface area contributed by atoms with Crippen molar-refractivity contribution in [3.63, 3.8) is 0 Å². The topological polar surface area (TPSA) is 98.3 Å². The third-order valence-corrected chi connectivity index (χ3v) is 2.79. The molecule has 0 fully saturated rings. The van der Waals surface area contributed by atoms with Crippen LogP contribution in [0.5, 0.6) is 5.75 Å². The Bertz CT molecular complexity index is 821. The van der Waals surface area contributed by atoms with Crippen molar-refractivity contribution in [2.24, 2.45) is 0 Å². The summed E-state index contributed by atoms with van der Waals surface area (Å²) in [6, 6.07) is 8.62. The molecule has 7 heteroatoms. The number of nitrogens with zero attached hydrogens (tertiary/aromatic N) is 3. The Morgan fingerprint density at radius 3 is 2.95 bits per heavy atom. The van der Waals surface area contributed by atoms with E-state index < -0.39 is 0 Å². The maximum Gasteiger partial charge on any atom is 0.274 e. The summed E-state index contributed by atoms with van der Waals surface area (Å²) in [5.74, 6) is 1.41. The highest BCUT2D eigenvalue weighted by molar-refractivity contribution is 5.51. The third kappa shape index (κ3) is 2.20. The molecule has 102 valence electrons.